The molecule has 0 aromatic carbocycles. The molecule has 1 fully saturated rings. The summed E-state index contributed by atoms with van der Waals surface area (Å²) in [4.78, 5) is 14.1. The Bertz CT molecular complexity index is 499. The molecule has 1 heterocycles. The number of ether oxygens (including phenoxy) is 1. The maximum Gasteiger partial charge on any atom is 0.449 e. The highest BCUT2D eigenvalue weighted by atomic mass is 19.4. The second-order valence-electron chi connectivity index (χ2n) is 6.47. The maximum atomic E-state index is 12.9. The van der Waals surface area contributed by atoms with Crippen LogP contribution in [0, 0.1) is 10.8 Å². The molecular formula is C14H23F3N4O2. The third kappa shape index (κ3) is 4.35. The van der Waals surface area contributed by atoms with Crippen LogP contribution in [0.2, 0.25) is 0 Å². The van der Waals surface area contributed by atoms with Gasteiger partial charge in [-0.3, -0.25) is 15.7 Å². The highest BCUT2D eigenvalue weighted by molar-refractivity contribution is 6.04. The molecule has 9 heteroatoms. The molecule has 2 unspecified atom stereocenters. The van der Waals surface area contributed by atoms with Gasteiger partial charge in [0.25, 0.3) is 0 Å². The minimum atomic E-state index is -4.84. The Kier molecular flexibility index (Phi) is 5.33. The summed E-state index contributed by atoms with van der Waals surface area (Å²) < 4.78 is 43.8. The zero-order valence-electron chi connectivity index (χ0n) is 13.9. The number of piperazine rings is 1. The van der Waals surface area contributed by atoms with E-state index in [4.69, 9.17) is 15.6 Å². The molecular weight excluding hydrogens is 313 g/mol. The normalized spacial score (nSPS) is 23.0. The van der Waals surface area contributed by atoms with Crippen molar-refractivity contribution in [1.29, 1.82) is 10.8 Å². The molecule has 0 bridgehead atoms. The number of nitrogens with one attached hydrogen (secondary N) is 2. The van der Waals surface area contributed by atoms with Crippen LogP contribution in [-0.4, -0.2) is 58.0 Å². The second-order valence-corrected chi connectivity index (χ2v) is 6.47. The molecule has 1 saturated heterocycles. The van der Waals surface area contributed by atoms with Gasteiger partial charge < -0.3 is 9.64 Å². The Labute approximate surface area is 133 Å². The molecule has 2 N–H and O–H groups in total. The number of carbonyl (C=O) groups excluding carboxylic acids is 1. The van der Waals surface area contributed by atoms with Crippen LogP contribution in [0.4, 0.5) is 18.0 Å². The first-order valence-corrected chi connectivity index (χ1v) is 7.32. The van der Waals surface area contributed by atoms with Crippen molar-refractivity contribution in [3.05, 3.63) is 0 Å². The van der Waals surface area contributed by atoms with Crippen molar-refractivity contribution in [2.45, 2.75) is 64.9 Å². The van der Waals surface area contributed by atoms with Gasteiger partial charge in [-0.15, -0.1) is 0 Å². The lowest BCUT2D eigenvalue weighted by Gasteiger charge is -2.46. The zero-order chi connectivity index (χ0) is 18.2. The molecule has 0 spiro atoms. The number of amidine groups is 2. The van der Waals surface area contributed by atoms with E-state index in [2.05, 4.69) is 0 Å². The molecule has 23 heavy (non-hydrogen) atoms. The Morgan fingerprint density at radius 2 is 1.87 bits per heavy atom. The van der Waals surface area contributed by atoms with E-state index in [9.17, 15) is 18.0 Å². The quantitative estimate of drug-likeness (QED) is 0.570. The van der Waals surface area contributed by atoms with Crippen LogP contribution in [0.5, 0.6) is 0 Å². The lowest BCUT2D eigenvalue weighted by atomic mass is 10.0. The molecule has 1 aliphatic heterocycles. The zero-order valence-corrected chi connectivity index (χ0v) is 13.9. The van der Waals surface area contributed by atoms with Crippen LogP contribution in [0.1, 0.15) is 41.0 Å². The Morgan fingerprint density at radius 3 is 2.26 bits per heavy atom. The minimum Gasteiger partial charge on any atom is -0.444 e. The van der Waals surface area contributed by atoms with Crippen molar-refractivity contribution in [3.8, 4) is 0 Å². The molecule has 0 aliphatic carbocycles. The number of hydrogen-bond acceptors (Lipinski definition) is 4. The van der Waals surface area contributed by atoms with Gasteiger partial charge in [0.1, 0.15) is 11.4 Å². The van der Waals surface area contributed by atoms with Crippen LogP contribution in [0.3, 0.4) is 0 Å². The Balaban J connectivity index is 3.05. The van der Waals surface area contributed by atoms with E-state index in [1.165, 1.54) is 11.8 Å². The van der Waals surface area contributed by atoms with Gasteiger partial charge in [0.05, 0.1) is 12.1 Å². The minimum absolute atomic E-state index is 0.0343. The average molecular weight is 336 g/mol. The van der Waals surface area contributed by atoms with Gasteiger partial charge >= 0.3 is 12.3 Å². The fourth-order valence-corrected chi connectivity index (χ4v) is 2.32. The van der Waals surface area contributed by atoms with Gasteiger partial charge in [-0.1, -0.05) is 6.92 Å². The first kappa shape index (κ1) is 19.2. The lowest BCUT2D eigenvalue weighted by molar-refractivity contribution is -0.0700. The average Bonchev–Trinajstić information content (AvgIpc) is 2.37. The summed E-state index contributed by atoms with van der Waals surface area (Å²) in [5.74, 6) is -2.01. The topological polar surface area (TPSA) is 80.5 Å². The third-order valence-electron chi connectivity index (χ3n) is 3.50. The SMILES string of the molecule is CCC1CN(C(=O)OC(C)(C)C)C(C)C(=N)N1C(=N)C(F)(F)F. The predicted molar refractivity (Wildman–Crippen MR) is 79.8 cm³/mol. The van der Waals surface area contributed by atoms with Crippen molar-refractivity contribution >= 4 is 17.8 Å². The van der Waals surface area contributed by atoms with Crippen molar-refractivity contribution in [3.63, 3.8) is 0 Å². The highest BCUT2D eigenvalue weighted by Crippen LogP contribution is 2.27. The number of alkyl halides is 3. The Hall–Kier alpha value is -1.80. The fraction of sp³-hybridized carbons (Fsp3) is 0.786. The molecule has 0 aromatic heterocycles. The molecule has 1 aliphatic rings. The molecule has 0 saturated carbocycles. The third-order valence-corrected chi connectivity index (χ3v) is 3.50. The van der Waals surface area contributed by atoms with Crippen LogP contribution in [0.15, 0.2) is 0 Å². The summed E-state index contributed by atoms with van der Waals surface area (Å²) in [5, 5.41) is 15.3. The largest absolute Gasteiger partial charge is 0.449 e. The number of hydrogen-bond donors (Lipinski definition) is 2. The monoisotopic (exact) mass is 336 g/mol. The summed E-state index contributed by atoms with van der Waals surface area (Å²) >= 11 is 0. The lowest BCUT2D eigenvalue weighted by Crippen LogP contribution is -2.65. The number of nitrogens with zero attached hydrogens (tertiary/aromatic N) is 2. The van der Waals surface area contributed by atoms with E-state index in [0.29, 0.717) is 4.90 Å². The summed E-state index contributed by atoms with van der Waals surface area (Å²) in [6.07, 6.45) is -5.26. The van der Waals surface area contributed by atoms with E-state index in [1.807, 2.05) is 0 Å². The number of amides is 1. The van der Waals surface area contributed by atoms with Gasteiger partial charge in [0.15, 0.2) is 0 Å². The summed E-state index contributed by atoms with van der Waals surface area (Å²) in [6.45, 7) is 8.13. The van der Waals surface area contributed by atoms with E-state index < -0.39 is 41.6 Å². The van der Waals surface area contributed by atoms with Crippen LogP contribution >= 0.6 is 0 Å². The standard InChI is InChI=1S/C14H23F3N4O2/c1-6-9-7-20(12(22)23-13(3,4)5)8(2)10(18)21(9)11(19)14(15,16)17/h8-9,18-19H,6-7H2,1-5H3. The van der Waals surface area contributed by atoms with E-state index >= 15 is 0 Å². The summed E-state index contributed by atoms with van der Waals surface area (Å²) in [6, 6.07) is -1.70. The van der Waals surface area contributed by atoms with Gasteiger partial charge in [-0.25, -0.2) is 4.79 Å². The summed E-state index contributed by atoms with van der Waals surface area (Å²) in [7, 11) is 0. The van der Waals surface area contributed by atoms with Crippen LogP contribution < -0.4 is 0 Å². The number of halogens is 3. The second kappa shape index (κ2) is 6.37. The van der Waals surface area contributed by atoms with Crippen molar-refractivity contribution in [1.82, 2.24) is 9.80 Å². The van der Waals surface area contributed by atoms with Gasteiger partial charge in [0, 0.05) is 6.54 Å². The predicted octanol–water partition coefficient (Wildman–Crippen LogP) is 3.22. The fourth-order valence-electron chi connectivity index (χ4n) is 2.32. The molecule has 6 nitrogen and oxygen atoms in total. The molecule has 1 amide bonds. The van der Waals surface area contributed by atoms with Crippen molar-refractivity contribution in [2.24, 2.45) is 0 Å². The molecule has 1 rings (SSSR count). The van der Waals surface area contributed by atoms with Crippen LogP contribution in [0.25, 0.3) is 0 Å². The van der Waals surface area contributed by atoms with E-state index in [0.717, 1.165) is 0 Å². The van der Waals surface area contributed by atoms with Crippen LogP contribution in [-0.2, 0) is 4.74 Å². The Morgan fingerprint density at radius 1 is 1.35 bits per heavy atom. The molecule has 0 aromatic rings. The van der Waals surface area contributed by atoms with Gasteiger partial charge in [-0.2, -0.15) is 13.2 Å². The molecule has 132 valence electrons. The van der Waals surface area contributed by atoms with E-state index in [-0.39, 0.29) is 13.0 Å². The first-order chi connectivity index (χ1) is 10.3. The molecule has 2 atom stereocenters. The molecule has 0 radical (unpaired) electrons. The summed E-state index contributed by atoms with van der Waals surface area (Å²) in [5.41, 5.74) is -0.740. The number of carbonyl (C=O) groups is 1. The number of rotatable bonds is 1. The van der Waals surface area contributed by atoms with Gasteiger partial charge in [0.2, 0.25) is 5.84 Å². The highest BCUT2D eigenvalue weighted by Gasteiger charge is 2.47. The van der Waals surface area contributed by atoms with Gasteiger partial charge in [-0.05, 0) is 34.1 Å². The first-order valence-electron chi connectivity index (χ1n) is 7.32. The van der Waals surface area contributed by atoms with Crippen molar-refractivity contribution < 1.29 is 22.7 Å². The van der Waals surface area contributed by atoms with Crippen molar-refractivity contribution in [2.75, 3.05) is 6.54 Å². The maximum absolute atomic E-state index is 12.9. The van der Waals surface area contributed by atoms with E-state index in [1.54, 1.807) is 27.7 Å². The smallest absolute Gasteiger partial charge is 0.444 e.